The van der Waals surface area contributed by atoms with E-state index in [0.717, 1.165) is 48.3 Å². The highest BCUT2D eigenvalue weighted by molar-refractivity contribution is 5.97. The molecule has 0 spiro atoms. The minimum absolute atomic E-state index is 0.0938. The second kappa shape index (κ2) is 7.15. The van der Waals surface area contributed by atoms with E-state index in [9.17, 15) is 4.79 Å². The fourth-order valence-corrected chi connectivity index (χ4v) is 3.41. The first-order valence-electron chi connectivity index (χ1n) is 9.00. The quantitative estimate of drug-likeness (QED) is 0.725. The summed E-state index contributed by atoms with van der Waals surface area (Å²) in [7, 11) is 1.66. The summed E-state index contributed by atoms with van der Waals surface area (Å²) in [5, 5.41) is 8.51. The molecule has 26 heavy (non-hydrogen) atoms. The monoisotopic (exact) mass is 350 g/mol. The first kappa shape index (κ1) is 16.6. The van der Waals surface area contributed by atoms with Crippen molar-refractivity contribution in [3.05, 3.63) is 53.6 Å². The van der Waals surface area contributed by atoms with Gasteiger partial charge in [-0.1, -0.05) is 17.3 Å². The Hall–Kier alpha value is -2.89. The molecule has 2 aromatic carbocycles. The maximum absolute atomic E-state index is 12.7. The lowest BCUT2D eigenvalue weighted by Crippen LogP contribution is -2.35. The Morgan fingerprint density at radius 1 is 1.08 bits per heavy atom. The highest BCUT2D eigenvalue weighted by atomic mass is 16.5. The number of carbonyl (C=O) groups is 1. The summed E-state index contributed by atoms with van der Waals surface area (Å²) in [6, 6.07) is 13.6. The van der Waals surface area contributed by atoms with Gasteiger partial charge in [-0.25, -0.2) is 4.68 Å². The predicted octanol–water partition coefficient (Wildman–Crippen LogP) is 3.11. The van der Waals surface area contributed by atoms with E-state index in [1.165, 1.54) is 6.42 Å². The molecule has 0 bridgehead atoms. The van der Waals surface area contributed by atoms with Crippen LogP contribution in [-0.4, -0.2) is 46.0 Å². The fourth-order valence-electron chi connectivity index (χ4n) is 3.41. The second-order valence-corrected chi connectivity index (χ2v) is 6.65. The molecule has 1 saturated heterocycles. The van der Waals surface area contributed by atoms with Gasteiger partial charge in [-0.3, -0.25) is 4.79 Å². The Bertz CT molecular complexity index is 911. The zero-order valence-electron chi connectivity index (χ0n) is 14.9. The topological polar surface area (TPSA) is 60.2 Å². The molecule has 6 nitrogen and oxygen atoms in total. The minimum Gasteiger partial charge on any atom is -0.497 e. The van der Waals surface area contributed by atoms with Gasteiger partial charge in [0.15, 0.2) is 0 Å². The molecule has 1 aliphatic rings. The molecule has 0 unspecified atom stereocenters. The van der Waals surface area contributed by atoms with Crippen LogP contribution in [0.25, 0.3) is 11.0 Å². The third kappa shape index (κ3) is 3.27. The Kier molecular flexibility index (Phi) is 4.56. The van der Waals surface area contributed by atoms with Crippen LogP contribution in [0.3, 0.4) is 0 Å². The number of methoxy groups -OCH3 is 1. The van der Waals surface area contributed by atoms with Gasteiger partial charge in [-0.05, 0) is 55.2 Å². The van der Waals surface area contributed by atoms with Crippen molar-refractivity contribution in [3.8, 4) is 5.75 Å². The standard InChI is InChI=1S/C20H22N4O2/c1-26-17-8-5-15(6-9-17)14-24-19-10-7-16(13-18(19)21-22-24)20(25)23-11-3-2-4-12-23/h5-10,13H,2-4,11-12,14H2,1H3. The summed E-state index contributed by atoms with van der Waals surface area (Å²) in [4.78, 5) is 14.6. The lowest BCUT2D eigenvalue weighted by molar-refractivity contribution is 0.0724. The number of piperidine rings is 1. The van der Waals surface area contributed by atoms with E-state index >= 15 is 0 Å². The molecule has 2 heterocycles. The van der Waals surface area contributed by atoms with Crippen LogP contribution < -0.4 is 4.74 Å². The van der Waals surface area contributed by atoms with Crippen LogP contribution >= 0.6 is 0 Å². The Morgan fingerprint density at radius 2 is 1.85 bits per heavy atom. The summed E-state index contributed by atoms with van der Waals surface area (Å²) in [6.45, 7) is 2.32. The van der Waals surface area contributed by atoms with Crippen molar-refractivity contribution in [2.45, 2.75) is 25.8 Å². The van der Waals surface area contributed by atoms with Crippen molar-refractivity contribution in [2.75, 3.05) is 20.2 Å². The smallest absolute Gasteiger partial charge is 0.253 e. The van der Waals surface area contributed by atoms with Gasteiger partial charge in [0.2, 0.25) is 0 Å². The third-order valence-corrected chi connectivity index (χ3v) is 4.90. The van der Waals surface area contributed by atoms with Crippen molar-refractivity contribution in [2.24, 2.45) is 0 Å². The molecular weight excluding hydrogens is 328 g/mol. The van der Waals surface area contributed by atoms with Crippen molar-refractivity contribution in [3.63, 3.8) is 0 Å². The molecule has 3 aromatic rings. The number of nitrogens with zero attached hydrogens (tertiary/aromatic N) is 4. The van der Waals surface area contributed by atoms with E-state index in [-0.39, 0.29) is 5.91 Å². The van der Waals surface area contributed by atoms with Crippen LogP contribution in [0.1, 0.15) is 35.2 Å². The van der Waals surface area contributed by atoms with Crippen LogP contribution in [0, 0.1) is 0 Å². The van der Waals surface area contributed by atoms with Crippen molar-refractivity contribution in [1.29, 1.82) is 0 Å². The molecule has 0 atom stereocenters. The summed E-state index contributed by atoms with van der Waals surface area (Å²) in [5.74, 6) is 0.925. The maximum atomic E-state index is 12.7. The van der Waals surface area contributed by atoms with Crippen molar-refractivity contribution in [1.82, 2.24) is 19.9 Å². The molecular formula is C20H22N4O2. The zero-order valence-corrected chi connectivity index (χ0v) is 14.9. The number of hydrogen-bond donors (Lipinski definition) is 0. The number of ether oxygens (including phenoxy) is 1. The van der Waals surface area contributed by atoms with Crippen LogP contribution in [-0.2, 0) is 6.54 Å². The molecule has 1 fully saturated rings. The third-order valence-electron chi connectivity index (χ3n) is 4.90. The number of fused-ring (bicyclic) bond motifs is 1. The summed E-state index contributed by atoms with van der Waals surface area (Å²) in [6.07, 6.45) is 3.39. The highest BCUT2D eigenvalue weighted by Crippen LogP contribution is 2.19. The van der Waals surface area contributed by atoms with E-state index in [2.05, 4.69) is 10.3 Å². The van der Waals surface area contributed by atoms with E-state index in [1.54, 1.807) is 7.11 Å². The molecule has 134 valence electrons. The maximum Gasteiger partial charge on any atom is 0.253 e. The Balaban J connectivity index is 1.55. The van der Waals surface area contributed by atoms with Gasteiger partial charge in [0.25, 0.3) is 5.91 Å². The number of amides is 1. The molecule has 4 rings (SSSR count). The van der Waals surface area contributed by atoms with E-state index < -0.39 is 0 Å². The van der Waals surface area contributed by atoms with Gasteiger partial charge in [0, 0.05) is 18.7 Å². The number of benzene rings is 2. The van der Waals surface area contributed by atoms with Gasteiger partial charge in [-0.2, -0.15) is 0 Å². The van der Waals surface area contributed by atoms with E-state index in [4.69, 9.17) is 4.74 Å². The normalized spacial score (nSPS) is 14.6. The lowest BCUT2D eigenvalue weighted by atomic mass is 10.1. The summed E-state index contributed by atoms with van der Waals surface area (Å²) >= 11 is 0. The minimum atomic E-state index is 0.0938. The average Bonchev–Trinajstić information content (AvgIpc) is 3.10. The molecule has 1 aromatic heterocycles. The van der Waals surface area contributed by atoms with Crippen LogP contribution in [0.4, 0.5) is 0 Å². The predicted molar refractivity (Wildman–Crippen MR) is 99.4 cm³/mol. The van der Waals surface area contributed by atoms with E-state index in [1.807, 2.05) is 52.0 Å². The number of carbonyl (C=O) groups excluding carboxylic acids is 1. The molecule has 0 aliphatic carbocycles. The number of likely N-dealkylation sites (tertiary alicyclic amines) is 1. The molecule has 0 radical (unpaired) electrons. The summed E-state index contributed by atoms with van der Waals surface area (Å²) in [5.41, 5.74) is 3.49. The van der Waals surface area contributed by atoms with Crippen LogP contribution in [0.2, 0.25) is 0 Å². The SMILES string of the molecule is COc1ccc(Cn2nnc3cc(C(=O)N4CCCCC4)ccc32)cc1. The highest BCUT2D eigenvalue weighted by Gasteiger charge is 2.19. The molecule has 0 saturated carbocycles. The van der Waals surface area contributed by atoms with Gasteiger partial charge in [0.1, 0.15) is 11.3 Å². The first-order chi connectivity index (χ1) is 12.7. The van der Waals surface area contributed by atoms with Crippen molar-refractivity contribution < 1.29 is 9.53 Å². The first-order valence-corrected chi connectivity index (χ1v) is 9.00. The molecule has 0 N–H and O–H groups in total. The molecule has 1 amide bonds. The summed E-state index contributed by atoms with van der Waals surface area (Å²) < 4.78 is 7.04. The Labute approximate surface area is 152 Å². The van der Waals surface area contributed by atoms with Gasteiger partial charge in [0.05, 0.1) is 19.2 Å². The number of aromatic nitrogens is 3. The van der Waals surface area contributed by atoms with Crippen LogP contribution in [0.5, 0.6) is 5.75 Å². The second-order valence-electron chi connectivity index (χ2n) is 6.65. The van der Waals surface area contributed by atoms with Crippen LogP contribution in [0.15, 0.2) is 42.5 Å². The molecule has 6 heteroatoms. The van der Waals surface area contributed by atoms with Gasteiger partial charge < -0.3 is 9.64 Å². The van der Waals surface area contributed by atoms with Gasteiger partial charge in [-0.15, -0.1) is 5.10 Å². The van der Waals surface area contributed by atoms with E-state index in [0.29, 0.717) is 12.1 Å². The number of hydrogen-bond acceptors (Lipinski definition) is 4. The number of rotatable bonds is 4. The lowest BCUT2D eigenvalue weighted by Gasteiger charge is -2.26. The zero-order chi connectivity index (χ0) is 17.9. The largest absolute Gasteiger partial charge is 0.497 e. The fraction of sp³-hybridized carbons (Fsp3) is 0.350. The molecule has 1 aliphatic heterocycles. The van der Waals surface area contributed by atoms with Crippen molar-refractivity contribution >= 4 is 16.9 Å². The average molecular weight is 350 g/mol. The van der Waals surface area contributed by atoms with Gasteiger partial charge >= 0.3 is 0 Å². The Morgan fingerprint density at radius 3 is 2.58 bits per heavy atom.